The van der Waals surface area contributed by atoms with Crippen LogP contribution in [0, 0.1) is 0 Å². The third-order valence-electron chi connectivity index (χ3n) is 4.02. The number of anilines is 1. The first-order valence-corrected chi connectivity index (χ1v) is 6.84. The monoisotopic (exact) mass is 247 g/mol. The summed E-state index contributed by atoms with van der Waals surface area (Å²) in [6.45, 7) is 5.83. The van der Waals surface area contributed by atoms with Crippen molar-refractivity contribution < 1.29 is 0 Å². The SMILES string of the molecule is Nc1cnc(CN2CCC(N3CCCC3)C2)cn1. The quantitative estimate of drug-likeness (QED) is 0.853. The molecule has 98 valence electrons. The lowest BCUT2D eigenvalue weighted by Crippen LogP contribution is -2.35. The molecule has 5 nitrogen and oxygen atoms in total. The van der Waals surface area contributed by atoms with Crippen LogP contribution in [0.5, 0.6) is 0 Å². The summed E-state index contributed by atoms with van der Waals surface area (Å²) < 4.78 is 0. The summed E-state index contributed by atoms with van der Waals surface area (Å²) in [5.74, 6) is 0.495. The minimum Gasteiger partial charge on any atom is -0.382 e. The van der Waals surface area contributed by atoms with Gasteiger partial charge in [0.25, 0.3) is 0 Å². The van der Waals surface area contributed by atoms with Crippen LogP contribution in [0.15, 0.2) is 12.4 Å². The van der Waals surface area contributed by atoms with Gasteiger partial charge in [0.1, 0.15) is 5.82 Å². The molecule has 18 heavy (non-hydrogen) atoms. The highest BCUT2D eigenvalue weighted by atomic mass is 15.3. The third-order valence-corrected chi connectivity index (χ3v) is 4.02. The lowest BCUT2D eigenvalue weighted by molar-refractivity contribution is 0.229. The van der Waals surface area contributed by atoms with Gasteiger partial charge >= 0.3 is 0 Å². The molecule has 2 N–H and O–H groups in total. The standard InChI is InChI=1S/C13H21N5/c14-13-8-15-11(7-16-13)9-17-6-3-12(10-17)18-4-1-2-5-18/h7-8,12H,1-6,9-10H2,(H2,14,16). The maximum Gasteiger partial charge on any atom is 0.141 e. The Morgan fingerprint density at radius 3 is 2.72 bits per heavy atom. The van der Waals surface area contributed by atoms with E-state index in [1.54, 1.807) is 12.4 Å². The van der Waals surface area contributed by atoms with E-state index < -0.39 is 0 Å². The molecule has 0 bridgehead atoms. The Labute approximate surface area is 108 Å². The number of aromatic nitrogens is 2. The van der Waals surface area contributed by atoms with Gasteiger partial charge in [-0.1, -0.05) is 0 Å². The highest BCUT2D eigenvalue weighted by Gasteiger charge is 2.29. The number of nitrogens with zero attached hydrogens (tertiary/aromatic N) is 4. The second-order valence-electron chi connectivity index (χ2n) is 5.35. The molecule has 1 aromatic rings. The van der Waals surface area contributed by atoms with E-state index in [9.17, 15) is 0 Å². The lowest BCUT2D eigenvalue weighted by atomic mass is 10.2. The molecule has 2 aliphatic rings. The molecule has 2 saturated heterocycles. The van der Waals surface area contributed by atoms with Gasteiger partial charge in [-0.3, -0.25) is 14.8 Å². The number of likely N-dealkylation sites (tertiary alicyclic amines) is 2. The second kappa shape index (κ2) is 5.20. The summed E-state index contributed by atoms with van der Waals surface area (Å²) >= 11 is 0. The first-order chi connectivity index (χ1) is 8.81. The smallest absolute Gasteiger partial charge is 0.141 e. The van der Waals surface area contributed by atoms with Crippen LogP contribution in [0.4, 0.5) is 5.82 Å². The molecule has 0 spiro atoms. The summed E-state index contributed by atoms with van der Waals surface area (Å²) in [6, 6.07) is 0.759. The van der Waals surface area contributed by atoms with Gasteiger partial charge in [0.05, 0.1) is 18.1 Å². The average molecular weight is 247 g/mol. The zero-order valence-electron chi connectivity index (χ0n) is 10.8. The topological polar surface area (TPSA) is 58.3 Å². The first-order valence-electron chi connectivity index (χ1n) is 6.84. The van der Waals surface area contributed by atoms with Crippen molar-refractivity contribution in [3.05, 3.63) is 18.1 Å². The van der Waals surface area contributed by atoms with Gasteiger partial charge in [-0.25, -0.2) is 4.98 Å². The lowest BCUT2D eigenvalue weighted by Gasteiger charge is -2.23. The zero-order valence-corrected chi connectivity index (χ0v) is 10.8. The predicted octanol–water partition coefficient (Wildman–Crippen LogP) is 0.729. The van der Waals surface area contributed by atoms with Crippen LogP contribution in [-0.4, -0.2) is 52.0 Å². The molecule has 0 aromatic carbocycles. The summed E-state index contributed by atoms with van der Waals surface area (Å²) in [7, 11) is 0. The van der Waals surface area contributed by atoms with Crippen LogP contribution >= 0.6 is 0 Å². The summed E-state index contributed by atoms with van der Waals surface area (Å²) in [6.07, 6.45) is 7.48. The van der Waals surface area contributed by atoms with Crippen molar-refractivity contribution in [2.45, 2.75) is 31.8 Å². The van der Waals surface area contributed by atoms with Crippen LogP contribution in [0.2, 0.25) is 0 Å². The molecule has 0 saturated carbocycles. The van der Waals surface area contributed by atoms with Crippen LogP contribution in [-0.2, 0) is 6.54 Å². The van der Waals surface area contributed by atoms with Gasteiger partial charge in [-0.15, -0.1) is 0 Å². The number of nitrogens with two attached hydrogens (primary N) is 1. The van der Waals surface area contributed by atoms with Gasteiger partial charge in [0.2, 0.25) is 0 Å². The number of hydrogen-bond donors (Lipinski definition) is 1. The largest absolute Gasteiger partial charge is 0.382 e. The van der Waals surface area contributed by atoms with Gasteiger partial charge in [0.15, 0.2) is 0 Å². The summed E-state index contributed by atoms with van der Waals surface area (Å²) in [5.41, 5.74) is 6.57. The molecule has 0 aliphatic carbocycles. The van der Waals surface area contributed by atoms with Crippen LogP contribution in [0.25, 0.3) is 0 Å². The minimum absolute atomic E-state index is 0.495. The van der Waals surface area contributed by atoms with Crippen molar-refractivity contribution in [2.24, 2.45) is 0 Å². The molecule has 0 radical (unpaired) electrons. The minimum atomic E-state index is 0.495. The van der Waals surface area contributed by atoms with Crippen molar-refractivity contribution in [3.63, 3.8) is 0 Å². The Balaban J connectivity index is 1.54. The molecule has 1 unspecified atom stereocenters. The van der Waals surface area contributed by atoms with Gasteiger partial charge in [-0.2, -0.15) is 0 Å². The van der Waals surface area contributed by atoms with E-state index in [4.69, 9.17) is 5.73 Å². The van der Waals surface area contributed by atoms with E-state index in [0.717, 1.165) is 18.3 Å². The van der Waals surface area contributed by atoms with E-state index in [0.29, 0.717) is 5.82 Å². The number of hydrogen-bond acceptors (Lipinski definition) is 5. The summed E-state index contributed by atoms with van der Waals surface area (Å²) in [4.78, 5) is 13.5. The Kier molecular flexibility index (Phi) is 3.43. The molecule has 3 rings (SSSR count). The molecule has 1 aromatic heterocycles. The molecule has 0 amide bonds. The van der Waals surface area contributed by atoms with E-state index in [1.165, 1.54) is 45.4 Å². The van der Waals surface area contributed by atoms with Crippen LogP contribution in [0.3, 0.4) is 0 Å². The Morgan fingerprint density at radius 1 is 1.17 bits per heavy atom. The average Bonchev–Trinajstić information content (AvgIpc) is 3.02. The molecule has 3 heterocycles. The van der Waals surface area contributed by atoms with Crippen molar-refractivity contribution in [1.29, 1.82) is 0 Å². The molecule has 1 atom stereocenters. The maximum atomic E-state index is 5.55. The number of nitrogen functional groups attached to an aromatic ring is 1. The molecule has 2 fully saturated rings. The highest BCUT2D eigenvalue weighted by Crippen LogP contribution is 2.21. The van der Waals surface area contributed by atoms with Gasteiger partial charge in [-0.05, 0) is 32.4 Å². The molecule has 2 aliphatic heterocycles. The Morgan fingerprint density at radius 2 is 2.00 bits per heavy atom. The third kappa shape index (κ3) is 2.62. The van der Waals surface area contributed by atoms with Crippen molar-refractivity contribution >= 4 is 5.82 Å². The van der Waals surface area contributed by atoms with Crippen molar-refractivity contribution in [1.82, 2.24) is 19.8 Å². The van der Waals surface area contributed by atoms with Gasteiger partial charge in [0, 0.05) is 25.7 Å². The molecular formula is C13H21N5. The van der Waals surface area contributed by atoms with E-state index >= 15 is 0 Å². The Hall–Kier alpha value is -1.20. The van der Waals surface area contributed by atoms with E-state index in [-0.39, 0.29) is 0 Å². The Bertz CT molecular complexity index is 385. The van der Waals surface area contributed by atoms with E-state index in [2.05, 4.69) is 19.8 Å². The maximum absolute atomic E-state index is 5.55. The highest BCUT2D eigenvalue weighted by molar-refractivity contribution is 5.22. The fraction of sp³-hybridized carbons (Fsp3) is 0.692. The van der Waals surface area contributed by atoms with Crippen LogP contribution in [0.1, 0.15) is 25.0 Å². The zero-order chi connectivity index (χ0) is 12.4. The fourth-order valence-electron chi connectivity index (χ4n) is 3.04. The molecule has 5 heteroatoms. The van der Waals surface area contributed by atoms with Crippen molar-refractivity contribution in [2.75, 3.05) is 31.9 Å². The second-order valence-corrected chi connectivity index (χ2v) is 5.35. The van der Waals surface area contributed by atoms with E-state index in [1.807, 2.05) is 0 Å². The molecular weight excluding hydrogens is 226 g/mol. The van der Waals surface area contributed by atoms with Gasteiger partial charge < -0.3 is 5.73 Å². The number of rotatable bonds is 3. The summed E-state index contributed by atoms with van der Waals surface area (Å²) in [5, 5.41) is 0. The normalized spacial score (nSPS) is 25.9. The first kappa shape index (κ1) is 11.9. The van der Waals surface area contributed by atoms with Crippen molar-refractivity contribution in [3.8, 4) is 0 Å². The fourth-order valence-corrected chi connectivity index (χ4v) is 3.04. The predicted molar refractivity (Wildman–Crippen MR) is 70.9 cm³/mol. The van der Waals surface area contributed by atoms with Crippen LogP contribution < -0.4 is 5.73 Å².